The van der Waals surface area contributed by atoms with Crippen LogP contribution >= 0.6 is 0 Å². The van der Waals surface area contributed by atoms with Gasteiger partial charge in [0, 0.05) is 32.0 Å². The molecule has 1 amide bonds. The van der Waals surface area contributed by atoms with Crippen molar-refractivity contribution in [3.05, 3.63) is 18.7 Å². The molecular weight excluding hydrogens is 228 g/mol. The zero-order valence-electron chi connectivity index (χ0n) is 10.8. The maximum Gasteiger partial charge on any atom is 0.227 e. The lowest BCUT2D eigenvalue weighted by Crippen LogP contribution is -2.47. The van der Waals surface area contributed by atoms with Crippen molar-refractivity contribution in [2.45, 2.75) is 38.6 Å². The monoisotopic (exact) mass is 250 g/mol. The predicted octanol–water partition coefficient (Wildman–Crippen LogP) is 0.908. The van der Waals surface area contributed by atoms with E-state index in [1.165, 1.54) is 6.42 Å². The number of carbonyl (C=O) groups excluding carboxylic acids is 1. The van der Waals surface area contributed by atoms with Crippen LogP contribution in [0.3, 0.4) is 0 Å². The number of aromatic nitrogens is 2. The Kier molecular flexibility index (Phi) is 4.36. The van der Waals surface area contributed by atoms with Crippen molar-refractivity contribution in [3.63, 3.8) is 0 Å². The lowest BCUT2D eigenvalue weighted by Gasteiger charge is -2.34. The third kappa shape index (κ3) is 2.90. The molecule has 0 aliphatic heterocycles. The minimum atomic E-state index is -0.312. The topological polar surface area (TPSA) is 72.9 Å². The van der Waals surface area contributed by atoms with Gasteiger partial charge in [-0.1, -0.05) is 19.3 Å². The Bertz CT molecular complexity index is 368. The fraction of sp³-hybridized carbons (Fsp3) is 0.692. The average Bonchev–Trinajstić information content (AvgIpc) is 2.92. The number of imidazole rings is 1. The van der Waals surface area contributed by atoms with Crippen molar-refractivity contribution in [1.82, 2.24) is 14.9 Å². The maximum atomic E-state index is 12.3. The van der Waals surface area contributed by atoms with Crippen molar-refractivity contribution in [2.24, 2.45) is 11.1 Å². The van der Waals surface area contributed by atoms with Crippen LogP contribution in [0.2, 0.25) is 0 Å². The number of hydrogen-bond donors (Lipinski definition) is 2. The van der Waals surface area contributed by atoms with E-state index in [4.69, 9.17) is 5.73 Å². The van der Waals surface area contributed by atoms with Gasteiger partial charge in [-0.2, -0.15) is 0 Å². The summed E-state index contributed by atoms with van der Waals surface area (Å²) in [6, 6.07) is 0. The molecule has 0 atom stereocenters. The minimum absolute atomic E-state index is 0.129. The molecule has 0 saturated heterocycles. The summed E-state index contributed by atoms with van der Waals surface area (Å²) >= 11 is 0. The second kappa shape index (κ2) is 6.00. The summed E-state index contributed by atoms with van der Waals surface area (Å²) in [6.07, 6.45) is 10.7. The van der Waals surface area contributed by atoms with Crippen LogP contribution in [0.1, 0.15) is 32.1 Å². The molecule has 0 radical (unpaired) electrons. The van der Waals surface area contributed by atoms with E-state index in [0.717, 1.165) is 32.2 Å². The van der Waals surface area contributed by atoms with Gasteiger partial charge in [0.2, 0.25) is 5.91 Å². The maximum absolute atomic E-state index is 12.3. The van der Waals surface area contributed by atoms with Crippen LogP contribution in [0, 0.1) is 5.41 Å². The summed E-state index contributed by atoms with van der Waals surface area (Å²) in [6.45, 7) is 1.85. The van der Waals surface area contributed by atoms with E-state index >= 15 is 0 Å². The van der Waals surface area contributed by atoms with Crippen LogP contribution in [-0.4, -0.2) is 28.5 Å². The first-order valence-corrected chi connectivity index (χ1v) is 6.71. The number of carbonyl (C=O) groups is 1. The fourth-order valence-corrected chi connectivity index (χ4v) is 2.66. The smallest absolute Gasteiger partial charge is 0.227 e. The van der Waals surface area contributed by atoms with Gasteiger partial charge in [-0.05, 0) is 12.8 Å². The van der Waals surface area contributed by atoms with Gasteiger partial charge >= 0.3 is 0 Å². The molecule has 1 aromatic rings. The molecule has 1 heterocycles. The van der Waals surface area contributed by atoms with E-state index in [2.05, 4.69) is 10.3 Å². The van der Waals surface area contributed by atoms with Crippen LogP contribution in [-0.2, 0) is 11.3 Å². The van der Waals surface area contributed by atoms with Crippen molar-refractivity contribution in [3.8, 4) is 0 Å². The zero-order chi connectivity index (χ0) is 12.8. The molecule has 3 N–H and O–H groups in total. The highest BCUT2D eigenvalue weighted by molar-refractivity contribution is 5.82. The molecular formula is C13H22N4O. The molecule has 0 unspecified atom stereocenters. The van der Waals surface area contributed by atoms with Crippen molar-refractivity contribution < 1.29 is 4.79 Å². The van der Waals surface area contributed by atoms with Gasteiger partial charge in [0.25, 0.3) is 0 Å². The van der Waals surface area contributed by atoms with E-state index in [1.807, 2.05) is 10.8 Å². The highest BCUT2D eigenvalue weighted by Gasteiger charge is 2.37. The van der Waals surface area contributed by atoms with Gasteiger partial charge in [0.05, 0.1) is 11.7 Å². The number of rotatable bonds is 5. The zero-order valence-corrected chi connectivity index (χ0v) is 10.8. The lowest BCUT2D eigenvalue weighted by molar-refractivity contribution is -0.132. The molecule has 5 nitrogen and oxygen atoms in total. The lowest BCUT2D eigenvalue weighted by atomic mass is 9.73. The fourth-order valence-electron chi connectivity index (χ4n) is 2.66. The first-order valence-electron chi connectivity index (χ1n) is 6.71. The molecule has 1 aromatic heterocycles. The third-order valence-electron chi connectivity index (χ3n) is 3.90. The summed E-state index contributed by atoms with van der Waals surface area (Å²) in [5.41, 5.74) is 5.52. The normalized spacial score (nSPS) is 18.5. The number of amides is 1. The van der Waals surface area contributed by atoms with Gasteiger partial charge in [0.15, 0.2) is 0 Å². The Balaban J connectivity index is 1.82. The van der Waals surface area contributed by atoms with Crippen LogP contribution in [0.15, 0.2) is 18.7 Å². The van der Waals surface area contributed by atoms with E-state index in [9.17, 15) is 4.79 Å². The number of hydrogen-bond acceptors (Lipinski definition) is 3. The highest BCUT2D eigenvalue weighted by Crippen LogP contribution is 2.35. The van der Waals surface area contributed by atoms with Crippen LogP contribution in [0.25, 0.3) is 0 Å². The van der Waals surface area contributed by atoms with Crippen LogP contribution < -0.4 is 11.1 Å². The molecule has 1 fully saturated rings. The molecule has 100 valence electrons. The van der Waals surface area contributed by atoms with E-state index in [-0.39, 0.29) is 11.3 Å². The Morgan fingerprint density at radius 1 is 1.39 bits per heavy atom. The van der Waals surface area contributed by atoms with E-state index in [0.29, 0.717) is 13.1 Å². The Morgan fingerprint density at radius 3 is 2.78 bits per heavy atom. The third-order valence-corrected chi connectivity index (χ3v) is 3.90. The molecule has 1 aliphatic rings. The first kappa shape index (κ1) is 13.1. The number of nitrogens with two attached hydrogens (primary N) is 1. The second-order valence-electron chi connectivity index (χ2n) is 5.10. The van der Waals surface area contributed by atoms with Gasteiger partial charge < -0.3 is 15.6 Å². The summed E-state index contributed by atoms with van der Waals surface area (Å²) in [4.78, 5) is 16.2. The summed E-state index contributed by atoms with van der Waals surface area (Å²) in [7, 11) is 0. The summed E-state index contributed by atoms with van der Waals surface area (Å²) in [5.74, 6) is 0.129. The SMILES string of the molecule is NCC1(C(=O)NCCn2ccnc2)CCCCC1. The quantitative estimate of drug-likeness (QED) is 0.815. The highest BCUT2D eigenvalue weighted by atomic mass is 16.2. The van der Waals surface area contributed by atoms with Gasteiger partial charge in [-0.25, -0.2) is 4.98 Å². The molecule has 18 heavy (non-hydrogen) atoms. The predicted molar refractivity (Wildman–Crippen MR) is 69.8 cm³/mol. The molecule has 0 bridgehead atoms. The Labute approximate surface area is 108 Å². The molecule has 0 aromatic carbocycles. The molecule has 1 aliphatic carbocycles. The summed E-state index contributed by atoms with van der Waals surface area (Å²) in [5, 5.41) is 3.01. The molecule has 5 heteroatoms. The molecule has 2 rings (SSSR count). The van der Waals surface area contributed by atoms with Crippen molar-refractivity contribution in [1.29, 1.82) is 0 Å². The van der Waals surface area contributed by atoms with Gasteiger partial charge in [0.1, 0.15) is 0 Å². The van der Waals surface area contributed by atoms with Crippen molar-refractivity contribution in [2.75, 3.05) is 13.1 Å². The van der Waals surface area contributed by atoms with Crippen LogP contribution in [0.5, 0.6) is 0 Å². The average molecular weight is 250 g/mol. The molecule has 1 saturated carbocycles. The van der Waals surface area contributed by atoms with Crippen molar-refractivity contribution >= 4 is 5.91 Å². The van der Waals surface area contributed by atoms with Crippen LogP contribution in [0.4, 0.5) is 0 Å². The van der Waals surface area contributed by atoms with E-state index in [1.54, 1.807) is 12.5 Å². The largest absolute Gasteiger partial charge is 0.354 e. The Hall–Kier alpha value is -1.36. The molecule has 0 spiro atoms. The number of nitrogens with zero attached hydrogens (tertiary/aromatic N) is 2. The van der Waals surface area contributed by atoms with Gasteiger partial charge in [-0.3, -0.25) is 4.79 Å². The van der Waals surface area contributed by atoms with E-state index < -0.39 is 0 Å². The number of nitrogens with one attached hydrogen (secondary N) is 1. The van der Waals surface area contributed by atoms with Gasteiger partial charge in [-0.15, -0.1) is 0 Å². The first-order chi connectivity index (χ1) is 8.77. The summed E-state index contributed by atoms with van der Waals surface area (Å²) < 4.78 is 1.95. The Morgan fingerprint density at radius 2 is 2.17 bits per heavy atom. The standard InChI is InChI=1S/C13H22N4O/c14-10-13(4-2-1-3-5-13)12(18)16-7-9-17-8-6-15-11-17/h6,8,11H,1-5,7,9-10,14H2,(H,16,18). The second-order valence-corrected chi connectivity index (χ2v) is 5.10. The minimum Gasteiger partial charge on any atom is -0.354 e.